The fourth-order valence-corrected chi connectivity index (χ4v) is 1.72. The van der Waals surface area contributed by atoms with Gasteiger partial charge in [0.1, 0.15) is 0 Å². The number of carboxylic acid groups (broad SMARTS) is 1. The molecule has 1 aliphatic carbocycles. The summed E-state index contributed by atoms with van der Waals surface area (Å²) in [6.45, 7) is 0.931. The van der Waals surface area contributed by atoms with E-state index in [1.54, 1.807) is 0 Å². The molecule has 5 nitrogen and oxygen atoms in total. The third kappa shape index (κ3) is 2.78. The van der Waals surface area contributed by atoms with Crippen molar-refractivity contribution in [1.29, 1.82) is 0 Å². The fraction of sp³-hybridized carbons (Fsp3) is 0.700. The van der Waals surface area contributed by atoms with E-state index < -0.39 is 5.97 Å². The van der Waals surface area contributed by atoms with E-state index in [2.05, 4.69) is 10.3 Å². The van der Waals surface area contributed by atoms with Gasteiger partial charge in [-0.1, -0.05) is 11.6 Å². The zero-order valence-corrected chi connectivity index (χ0v) is 8.59. The lowest BCUT2D eigenvalue weighted by Gasteiger charge is -2.24. The van der Waals surface area contributed by atoms with Gasteiger partial charge in [0.05, 0.1) is 12.1 Å². The Morgan fingerprint density at radius 3 is 3.00 bits per heavy atom. The molecule has 5 heteroatoms. The van der Waals surface area contributed by atoms with Crippen LogP contribution in [-0.4, -0.2) is 26.1 Å². The fourth-order valence-electron chi connectivity index (χ4n) is 1.72. The van der Waals surface area contributed by atoms with E-state index in [9.17, 15) is 4.79 Å². The van der Waals surface area contributed by atoms with Crippen LogP contribution in [0.2, 0.25) is 0 Å². The number of aryl methyl sites for hydroxylation is 1. The number of hydrogen-bond donors (Lipinski definition) is 1. The van der Waals surface area contributed by atoms with Crippen molar-refractivity contribution in [2.45, 2.75) is 38.6 Å². The van der Waals surface area contributed by atoms with Gasteiger partial charge in [0, 0.05) is 19.2 Å². The van der Waals surface area contributed by atoms with Crippen LogP contribution in [0.25, 0.3) is 0 Å². The molecule has 0 amide bonds. The van der Waals surface area contributed by atoms with Crippen molar-refractivity contribution in [3.8, 4) is 0 Å². The second-order valence-corrected chi connectivity index (χ2v) is 4.12. The molecule has 0 aliphatic heterocycles. The first-order valence-electron chi connectivity index (χ1n) is 5.35. The van der Waals surface area contributed by atoms with Crippen molar-refractivity contribution in [3.05, 3.63) is 11.9 Å². The summed E-state index contributed by atoms with van der Waals surface area (Å²) in [6.07, 6.45) is 6.35. The highest BCUT2D eigenvalue weighted by Crippen LogP contribution is 2.27. The van der Waals surface area contributed by atoms with Gasteiger partial charge in [-0.3, -0.25) is 9.48 Å². The van der Waals surface area contributed by atoms with Crippen molar-refractivity contribution in [2.24, 2.45) is 5.92 Å². The summed E-state index contributed by atoms with van der Waals surface area (Å²) in [4.78, 5) is 10.4. The molecule has 1 fully saturated rings. The lowest BCUT2D eigenvalue weighted by atomic mass is 9.85. The van der Waals surface area contributed by atoms with Crippen LogP contribution in [0.5, 0.6) is 0 Å². The minimum absolute atomic E-state index is 0.127. The standard InChI is InChI=1S/C10H15N3O2/c14-10(15)5-4-9-7-13(12-11-9)6-8-2-1-3-8/h7-8H,1-6H2,(H,14,15). The van der Waals surface area contributed by atoms with Gasteiger partial charge in [0.15, 0.2) is 0 Å². The van der Waals surface area contributed by atoms with Gasteiger partial charge in [0.25, 0.3) is 0 Å². The maximum Gasteiger partial charge on any atom is 0.303 e. The van der Waals surface area contributed by atoms with E-state index in [4.69, 9.17) is 5.11 Å². The zero-order chi connectivity index (χ0) is 10.7. The lowest BCUT2D eigenvalue weighted by molar-refractivity contribution is -0.136. The highest BCUT2D eigenvalue weighted by atomic mass is 16.4. The molecule has 0 saturated heterocycles. The molecular formula is C10H15N3O2. The first-order valence-corrected chi connectivity index (χ1v) is 5.35. The molecule has 0 bridgehead atoms. The molecule has 1 aromatic rings. The first kappa shape index (κ1) is 10.1. The molecule has 0 aromatic carbocycles. The van der Waals surface area contributed by atoms with Gasteiger partial charge in [-0.25, -0.2) is 0 Å². The van der Waals surface area contributed by atoms with Gasteiger partial charge < -0.3 is 5.11 Å². The van der Waals surface area contributed by atoms with Gasteiger partial charge in [-0.05, 0) is 18.8 Å². The lowest BCUT2D eigenvalue weighted by Crippen LogP contribution is -2.18. The number of aliphatic carboxylic acids is 1. The molecule has 1 heterocycles. The van der Waals surface area contributed by atoms with Gasteiger partial charge >= 0.3 is 5.97 Å². The zero-order valence-electron chi connectivity index (χ0n) is 8.59. The topological polar surface area (TPSA) is 68.0 Å². The van der Waals surface area contributed by atoms with Crippen molar-refractivity contribution in [2.75, 3.05) is 0 Å². The Kier molecular flexibility index (Phi) is 2.99. The number of aromatic nitrogens is 3. The minimum atomic E-state index is -0.788. The van der Waals surface area contributed by atoms with E-state index in [0.717, 1.165) is 18.2 Å². The van der Waals surface area contributed by atoms with Crippen LogP contribution in [0.15, 0.2) is 6.20 Å². The molecule has 0 unspecified atom stereocenters. The molecule has 1 aliphatic rings. The maximum absolute atomic E-state index is 10.4. The van der Waals surface area contributed by atoms with E-state index in [0.29, 0.717) is 6.42 Å². The maximum atomic E-state index is 10.4. The first-order chi connectivity index (χ1) is 7.24. The monoisotopic (exact) mass is 209 g/mol. The highest BCUT2D eigenvalue weighted by Gasteiger charge is 2.18. The summed E-state index contributed by atoms with van der Waals surface area (Å²) >= 11 is 0. The summed E-state index contributed by atoms with van der Waals surface area (Å²) in [6, 6.07) is 0. The van der Waals surface area contributed by atoms with E-state index in [1.165, 1.54) is 19.3 Å². The van der Waals surface area contributed by atoms with Gasteiger partial charge in [-0.2, -0.15) is 0 Å². The predicted octanol–water partition coefficient (Wildman–Crippen LogP) is 1.10. The van der Waals surface area contributed by atoms with Crippen LogP contribution in [-0.2, 0) is 17.8 Å². The summed E-state index contributed by atoms with van der Waals surface area (Å²) in [5.41, 5.74) is 0.775. The Morgan fingerprint density at radius 2 is 2.40 bits per heavy atom. The Hall–Kier alpha value is -1.39. The Balaban J connectivity index is 1.83. The third-order valence-corrected chi connectivity index (χ3v) is 2.85. The highest BCUT2D eigenvalue weighted by molar-refractivity contribution is 5.66. The van der Waals surface area contributed by atoms with Gasteiger partial charge in [0.2, 0.25) is 0 Å². The van der Waals surface area contributed by atoms with Crippen molar-refractivity contribution >= 4 is 5.97 Å². The largest absolute Gasteiger partial charge is 0.481 e. The summed E-state index contributed by atoms with van der Waals surface area (Å²) in [7, 11) is 0. The summed E-state index contributed by atoms with van der Waals surface area (Å²) in [5, 5.41) is 16.5. The minimum Gasteiger partial charge on any atom is -0.481 e. The second-order valence-electron chi connectivity index (χ2n) is 4.12. The van der Waals surface area contributed by atoms with E-state index in [1.807, 2.05) is 10.9 Å². The third-order valence-electron chi connectivity index (χ3n) is 2.85. The normalized spacial score (nSPS) is 16.3. The molecule has 15 heavy (non-hydrogen) atoms. The Labute approximate surface area is 88.1 Å². The van der Waals surface area contributed by atoms with Crippen LogP contribution in [0.1, 0.15) is 31.4 Å². The van der Waals surface area contributed by atoms with Gasteiger partial charge in [-0.15, -0.1) is 5.10 Å². The summed E-state index contributed by atoms with van der Waals surface area (Å²) in [5.74, 6) is -0.0393. The molecular weight excluding hydrogens is 194 g/mol. The summed E-state index contributed by atoms with van der Waals surface area (Å²) < 4.78 is 1.83. The Bertz CT molecular complexity index is 344. The molecule has 82 valence electrons. The predicted molar refractivity (Wildman–Crippen MR) is 53.3 cm³/mol. The van der Waals surface area contributed by atoms with Crippen LogP contribution in [0.4, 0.5) is 0 Å². The molecule has 1 saturated carbocycles. The SMILES string of the molecule is O=C(O)CCc1cn(CC2CCC2)nn1. The molecule has 0 radical (unpaired) electrons. The van der Waals surface area contributed by atoms with Crippen molar-refractivity contribution in [3.63, 3.8) is 0 Å². The molecule has 0 spiro atoms. The number of carbonyl (C=O) groups is 1. The van der Waals surface area contributed by atoms with E-state index in [-0.39, 0.29) is 6.42 Å². The van der Waals surface area contributed by atoms with Crippen molar-refractivity contribution < 1.29 is 9.90 Å². The van der Waals surface area contributed by atoms with Crippen LogP contribution >= 0.6 is 0 Å². The second kappa shape index (κ2) is 4.42. The smallest absolute Gasteiger partial charge is 0.303 e. The average Bonchev–Trinajstić information content (AvgIpc) is 2.56. The van der Waals surface area contributed by atoms with Crippen molar-refractivity contribution in [1.82, 2.24) is 15.0 Å². The van der Waals surface area contributed by atoms with Crippen LogP contribution in [0.3, 0.4) is 0 Å². The molecule has 1 N–H and O–H groups in total. The quantitative estimate of drug-likeness (QED) is 0.788. The number of hydrogen-bond acceptors (Lipinski definition) is 3. The van der Waals surface area contributed by atoms with Crippen LogP contribution in [0, 0.1) is 5.92 Å². The Morgan fingerprint density at radius 1 is 1.60 bits per heavy atom. The number of carboxylic acids is 1. The number of rotatable bonds is 5. The van der Waals surface area contributed by atoms with E-state index >= 15 is 0 Å². The molecule has 2 rings (SSSR count). The number of nitrogens with zero attached hydrogens (tertiary/aromatic N) is 3. The van der Waals surface area contributed by atoms with Crippen LogP contribution < -0.4 is 0 Å². The molecule has 0 atom stereocenters. The average molecular weight is 209 g/mol. The molecule has 1 aromatic heterocycles.